The van der Waals surface area contributed by atoms with Crippen LogP contribution in [0.25, 0.3) is 0 Å². The van der Waals surface area contributed by atoms with E-state index in [0.717, 1.165) is 12.8 Å². The Bertz CT molecular complexity index is 281. The molecule has 3 atom stereocenters. The zero-order valence-electron chi connectivity index (χ0n) is 9.93. The maximum atomic E-state index is 11.2. The van der Waals surface area contributed by atoms with E-state index in [4.69, 9.17) is 4.74 Å². The molecule has 0 bridgehead atoms. The summed E-state index contributed by atoms with van der Waals surface area (Å²) in [5.74, 6) is -0.327. The quantitative estimate of drug-likeness (QED) is 0.588. The standard InChI is InChI=1S/C13H20O3/c1-3-5-7-10-11(14)9-13(15)16-12(10)8-6-4-2/h3,5-6,8,10-12,14H,4,7,9H2,1-2H3/t10?,11?,12-/m1/s1. The fourth-order valence-corrected chi connectivity index (χ4v) is 1.87. The van der Waals surface area contributed by atoms with Crippen molar-refractivity contribution in [1.82, 2.24) is 0 Å². The molecule has 0 aliphatic carbocycles. The molecular formula is C13H20O3. The molecule has 16 heavy (non-hydrogen) atoms. The van der Waals surface area contributed by atoms with E-state index in [1.807, 2.05) is 38.2 Å². The van der Waals surface area contributed by atoms with Gasteiger partial charge in [-0.2, -0.15) is 0 Å². The molecule has 1 heterocycles. The van der Waals surface area contributed by atoms with Crippen LogP contribution < -0.4 is 0 Å². The Morgan fingerprint density at radius 1 is 1.50 bits per heavy atom. The van der Waals surface area contributed by atoms with Gasteiger partial charge in [-0.3, -0.25) is 4.79 Å². The van der Waals surface area contributed by atoms with Crippen molar-refractivity contribution in [3.8, 4) is 0 Å². The van der Waals surface area contributed by atoms with Gasteiger partial charge < -0.3 is 9.84 Å². The molecular weight excluding hydrogens is 204 g/mol. The van der Waals surface area contributed by atoms with Gasteiger partial charge in [-0.15, -0.1) is 0 Å². The molecule has 0 radical (unpaired) electrons. The van der Waals surface area contributed by atoms with Gasteiger partial charge in [-0.05, 0) is 25.8 Å². The summed E-state index contributed by atoms with van der Waals surface area (Å²) in [6.45, 7) is 3.97. The van der Waals surface area contributed by atoms with Crippen molar-refractivity contribution in [3.05, 3.63) is 24.3 Å². The average molecular weight is 224 g/mol. The highest BCUT2D eigenvalue weighted by molar-refractivity contribution is 5.71. The van der Waals surface area contributed by atoms with Crippen molar-refractivity contribution >= 4 is 5.97 Å². The molecule has 1 saturated heterocycles. The SMILES string of the molecule is CC=CCC1C(O)CC(=O)O[C@@H]1C=CCC. The highest BCUT2D eigenvalue weighted by Gasteiger charge is 2.35. The molecule has 1 rings (SSSR count). The van der Waals surface area contributed by atoms with Crippen molar-refractivity contribution in [1.29, 1.82) is 0 Å². The highest BCUT2D eigenvalue weighted by atomic mass is 16.5. The van der Waals surface area contributed by atoms with Gasteiger partial charge in [-0.25, -0.2) is 0 Å². The minimum atomic E-state index is -0.594. The summed E-state index contributed by atoms with van der Waals surface area (Å²) in [5.41, 5.74) is 0. The van der Waals surface area contributed by atoms with Gasteiger partial charge in [0.2, 0.25) is 0 Å². The number of aliphatic hydroxyl groups excluding tert-OH is 1. The van der Waals surface area contributed by atoms with Gasteiger partial charge in [0.05, 0.1) is 12.5 Å². The summed E-state index contributed by atoms with van der Waals surface area (Å²) < 4.78 is 5.25. The van der Waals surface area contributed by atoms with E-state index in [2.05, 4.69) is 0 Å². The maximum absolute atomic E-state index is 11.2. The number of hydrogen-bond donors (Lipinski definition) is 1. The zero-order valence-corrected chi connectivity index (χ0v) is 9.93. The first-order chi connectivity index (χ1) is 7.69. The number of allylic oxidation sites excluding steroid dienone is 3. The third-order valence-corrected chi connectivity index (χ3v) is 2.76. The van der Waals surface area contributed by atoms with Gasteiger partial charge >= 0.3 is 5.97 Å². The van der Waals surface area contributed by atoms with Crippen molar-refractivity contribution in [3.63, 3.8) is 0 Å². The first-order valence-corrected chi connectivity index (χ1v) is 5.84. The molecule has 1 aliphatic heterocycles. The topological polar surface area (TPSA) is 46.5 Å². The van der Waals surface area contributed by atoms with E-state index < -0.39 is 6.10 Å². The Kier molecular flexibility index (Phi) is 5.26. The second-order valence-corrected chi connectivity index (χ2v) is 4.03. The van der Waals surface area contributed by atoms with Crippen molar-refractivity contribution in [2.45, 2.75) is 45.3 Å². The maximum Gasteiger partial charge on any atom is 0.309 e. The lowest BCUT2D eigenvalue weighted by Crippen LogP contribution is -2.41. The number of carbonyl (C=O) groups excluding carboxylic acids is 1. The Morgan fingerprint density at radius 2 is 2.25 bits per heavy atom. The van der Waals surface area contributed by atoms with Gasteiger partial charge in [0.25, 0.3) is 0 Å². The van der Waals surface area contributed by atoms with E-state index in [0.29, 0.717) is 0 Å². The number of ether oxygens (including phenoxy) is 1. The van der Waals surface area contributed by atoms with Crippen molar-refractivity contribution in [2.24, 2.45) is 5.92 Å². The largest absolute Gasteiger partial charge is 0.458 e. The van der Waals surface area contributed by atoms with Crippen LogP contribution in [0.3, 0.4) is 0 Å². The lowest BCUT2D eigenvalue weighted by molar-refractivity contribution is -0.163. The molecule has 2 unspecified atom stereocenters. The first kappa shape index (κ1) is 13.0. The average Bonchev–Trinajstić information content (AvgIpc) is 2.24. The van der Waals surface area contributed by atoms with Gasteiger partial charge in [0, 0.05) is 5.92 Å². The highest BCUT2D eigenvalue weighted by Crippen LogP contribution is 2.26. The summed E-state index contributed by atoms with van der Waals surface area (Å²) in [6, 6.07) is 0. The van der Waals surface area contributed by atoms with Crippen LogP contribution in [0.15, 0.2) is 24.3 Å². The van der Waals surface area contributed by atoms with Crippen LogP contribution in [0.4, 0.5) is 0 Å². The van der Waals surface area contributed by atoms with Crippen LogP contribution >= 0.6 is 0 Å². The molecule has 90 valence electrons. The smallest absolute Gasteiger partial charge is 0.309 e. The molecule has 0 spiro atoms. The third-order valence-electron chi connectivity index (χ3n) is 2.76. The number of aliphatic hydroxyl groups is 1. The van der Waals surface area contributed by atoms with Crippen LogP contribution in [0.5, 0.6) is 0 Å². The van der Waals surface area contributed by atoms with Crippen LogP contribution in [-0.2, 0) is 9.53 Å². The summed E-state index contributed by atoms with van der Waals surface area (Å²) in [6.07, 6.45) is 8.68. The molecule has 0 saturated carbocycles. The fraction of sp³-hybridized carbons (Fsp3) is 0.615. The predicted octanol–water partition coefficient (Wildman–Crippen LogP) is 2.21. The van der Waals surface area contributed by atoms with E-state index >= 15 is 0 Å². The Balaban J connectivity index is 2.71. The fourth-order valence-electron chi connectivity index (χ4n) is 1.87. The van der Waals surface area contributed by atoms with E-state index in [-0.39, 0.29) is 24.4 Å². The summed E-state index contributed by atoms with van der Waals surface area (Å²) in [7, 11) is 0. The number of esters is 1. The second kappa shape index (κ2) is 6.48. The first-order valence-electron chi connectivity index (χ1n) is 5.84. The lowest BCUT2D eigenvalue weighted by atomic mass is 9.87. The van der Waals surface area contributed by atoms with E-state index in [1.54, 1.807) is 0 Å². The van der Waals surface area contributed by atoms with E-state index in [9.17, 15) is 9.90 Å². The predicted molar refractivity (Wildman–Crippen MR) is 62.9 cm³/mol. The third kappa shape index (κ3) is 3.49. The number of carbonyl (C=O) groups is 1. The van der Waals surface area contributed by atoms with Crippen LogP contribution in [0.2, 0.25) is 0 Å². The minimum Gasteiger partial charge on any atom is -0.458 e. The van der Waals surface area contributed by atoms with Gasteiger partial charge in [-0.1, -0.05) is 25.2 Å². The lowest BCUT2D eigenvalue weighted by Gasteiger charge is -2.32. The Labute approximate surface area is 96.8 Å². The summed E-state index contributed by atoms with van der Waals surface area (Å²) in [5, 5.41) is 9.87. The molecule has 3 nitrogen and oxygen atoms in total. The molecule has 0 aromatic rings. The molecule has 0 amide bonds. The molecule has 3 heteroatoms. The molecule has 1 N–H and O–H groups in total. The Hall–Kier alpha value is -1.09. The van der Waals surface area contributed by atoms with Gasteiger partial charge in [0.1, 0.15) is 6.10 Å². The van der Waals surface area contributed by atoms with Crippen LogP contribution in [0.1, 0.15) is 33.1 Å². The number of cyclic esters (lactones) is 1. The van der Waals surface area contributed by atoms with Crippen LogP contribution in [0, 0.1) is 5.92 Å². The number of rotatable bonds is 4. The Morgan fingerprint density at radius 3 is 2.88 bits per heavy atom. The van der Waals surface area contributed by atoms with Crippen molar-refractivity contribution in [2.75, 3.05) is 0 Å². The molecule has 0 aromatic carbocycles. The number of hydrogen-bond acceptors (Lipinski definition) is 3. The van der Waals surface area contributed by atoms with Gasteiger partial charge in [0.15, 0.2) is 0 Å². The molecule has 1 fully saturated rings. The molecule has 0 aromatic heterocycles. The van der Waals surface area contributed by atoms with Crippen molar-refractivity contribution < 1.29 is 14.6 Å². The monoisotopic (exact) mass is 224 g/mol. The molecule has 1 aliphatic rings. The summed E-state index contributed by atoms with van der Waals surface area (Å²) >= 11 is 0. The summed E-state index contributed by atoms with van der Waals surface area (Å²) in [4.78, 5) is 11.2. The second-order valence-electron chi connectivity index (χ2n) is 4.03. The van der Waals surface area contributed by atoms with E-state index in [1.165, 1.54) is 0 Å². The van der Waals surface area contributed by atoms with Crippen LogP contribution in [-0.4, -0.2) is 23.3 Å². The minimum absolute atomic E-state index is 0.0169. The zero-order chi connectivity index (χ0) is 12.0. The normalized spacial score (nSPS) is 31.2.